The van der Waals surface area contributed by atoms with E-state index in [9.17, 15) is 0 Å². The van der Waals surface area contributed by atoms with Gasteiger partial charge in [0.15, 0.2) is 0 Å². The van der Waals surface area contributed by atoms with Crippen molar-refractivity contribution in [2.75, 3.05) is 13.1 Å². The molecule has 0 spiro atoms. The molecule has 21 heavy (non-hydrogen) atoms. The lowest BCUT2D eigenvalue weighted by Gasteiger charge is -2.27. The van der Waals surface area contributed by atoms with Gasteiger partial charge < -0.3 is 0 Å². The molecule has 2 heteroatoms. The largest absolute Gasteiger partial charge is 0.291 e. The van der Waals surface area contributed by atoms with E-state index in [2.05, 4.69) is 53.9 Å². The summed E-state index contributed by atoms with van der Waals surface area (Å²) in [5, 5.41) is 0.745. The van der Waals surface area contributed by atoms with Crippen molar-refractivity contribution in [2.24, 2.45) is 0 Å². The van der Waals surface area contributed by atoms with Crippen molar-refractivity contribution in [1.82, 2.24) is 4.90 Å². The highest BCUT2D eigenvalue weighted by atomic mass is 32.2. The van der Waals surface area contributed by atoms with E-state index < -0.39 is 0 Å². The molecule has 0 radical (unpaired) electrons. The molecule has 118 valence electrons. The second kappa shape index (κ2) is 10.3. The van der Waals surface area contributed by atoms with E-state index in [1.54, 1.807) is 0 Å². The van der Waals surface area contributed by atoms with Gasteiger partial charge in [-0.05, 0) is 37.9 Å². The monoisotopic (exact) mass is 305 g/mol. The molecule has 0 amide bonds. The summed E-state index contributed by atoms with van der Waals surface area (Å²) in [7, 11) is 0. The summed E-state index contributed by atoms with van der Waals surface area (Å²) in [5.74, 6) is 1.16. The molecule has 1 aromatic rings. The molecule has 0 aromatic heterocycles. The summed E-state index contributed by atoms with van der Waals surface area (Å²) >= 11 is 2.16. The van der Waals surface area contributed by atoms with Gasteiger partial charge in [0.2, 0.25) is 0 Å². The number of unbranched alkanes of at least 4 members (excludes halogenated alkanes) is 4. The van der Waals surface area contributed by atoms with Gasteiger partial charge in [-0.3, -0.25) is 4.90 Å². The third-order valence-corrected chi connectivity index (χ3v) is 5.81. The third kappa shape index (κ3) is 6.44. The highest BCUT2D eigenvalue weighted by Crippen LogP contribution is 2.28. The first-order valence-corrected chi connectivity index (χ1v) is 9.84. The van der Waals surface area contributed by atoms with E-state index in [-0.39, 0.29) is 0 Å². The maximum Gasteiger partial charge on any atom is 0.0560 e. The van der Waals surface area contributed by atoms with Crippen LogP contribution in [0.5, 0.6) is 0 Å². The van der Waals surface area contributed by atoms with E-state index in [4.69, 9.17) is 0 Å². The average molecular weight is 306 g/mol. The predicted molar refractivity (Wildman–Crippen MR) is 95.7 cm³/mol. The zero-order chi connectivity index (χ0) is 14.8. The molecule has 1 heterocycles. The average Bonchev–Trinajstić information content (AvgIpc) is 3.05. The van der Waals surface area contributed by atoms with Gasteiger partial charge in [0.1, 0.15) is 0 Å². The van der Waals surface area contributed by atoms with E-state index in [1.165, 1.54) is 70.0 Å². The van der Waals surface area contributed by atoms with Crippen molar-refractivity contribution in [3.05, 3.63) is 35.9 Å². The summed E-state index contributed by atoms with van der Waals surface area (Å²) in [6.45, 7) is 4.94. The Hall–Kier alpha value is -0.470. The van der Waals surface area contributed by atoms with Crippen molar-refractivity contribution in [1.29, 1.82) is 0 Å². The van der Waals surface area contributed by atoms with Crippen molar-refractivity contribution >= 4 is 11.8 Å². The molecule has 0 N–H and O–H groups in total. The Balaban J connectivity index is 1.75. The quantitative estimate of drug-likeness (QED) is 0.510. The number of thioether (sulfide) groups is 1. The van der Waals surface area contributed by atoms with E-state index in [0.717, 1.165) is 11.1 Å². The van der Waals surface area contributed by atoms with Crippen molar-refractivity contribution in [3.63, 3.8) is 0 Å². The summed E-state index contributed by atoms with van der Waals surface area (Å²) in [6.07, 6.45) is 11.2. The zero-order valence-corrected chi connectivity index (χ0v) is 14.4. The Kier molecular flexibility index (Phi) is 8.28. The van der Waals surface area contributed by atoms with Gasteiger partial charge in [0.05, 0.1) is 5.37 Å². The van der Waals surface area contributed by atoms with Crippen LogP contribution >= 0.6 is 11.8 Å². The lowest BCUT2D eigenvalue weighted by molar-refractivity contribution is 0.299. The molecule has 1 atom stereocenters. The number of likely N-dealkylation sites (tertiary alicyclic amines) is 1. The minimum atomic E-state index is 0.745. The predicted octanol–water partition coefficient (Wildman–Crippen LogP) is 5.70. The number of benzene rings is 1. The standard InChI is InChI=1S/C19H31NS/c1-2-3-4-5-9-14-19(20-15-10-11-16-20)21-17-18-12-7-6-8-13-18/h6-8,12-13,19H,2-5,9-11,14-17H2,1H3. The molecule has 1 nitrogen and oxygen atoms in total. The first-order chi connectivity index (χ1) is 10.4. The van der Waals surface area contributed by atoms with Crippen LogP contribution in [0.15, 0.2) is 30.3 Å². The van der Waals surface area contributed by atoms with Crippen LogP contribution in [0.3, 0.4) is 0 Å². The topological polar surface area (TPSA) is 3.24 Å². The molecule has 1 aliphatic rings. The highest BCUT2D eigenvalue weighted by Gasteiger charge is 2.21. The molecule has 0 bridgehead atoms. The van der Waals surface area contributed by atoms with Gasteiger partial charge >= 0.3 is 0 Å². The summed E-state index contributed by atoms with van der Waals surface area (Å²) in [5.41, 5.74) is 1.47. The molecule has 0 aliphatic carbocycles. The Morgan fingerprint density at radius 2 is 1.71 bits per heavy atom. The molecule has 1 aliphatic heterocycles. The third-order valence-electron chi connectivity index (χ3n) is 4.39. The van der Waals surface area contributed by atoms with Gasteiger partial charge in [0.25, 0.3) is 0 Å². The van der Waals surface area contributed by atoms with Gasteiger partial charge in [-0.2, -0.15) is 0 Å². The fraction of sp³-hybridized carbons (Fsp3) is 0.684. The molecule has 1 unspecified atom stereocenters. The van der Waals surface area contributed by atoms with Crippen LogP contribution in [0.1, 0.15) is 63.9 Å². The van der Waals surface area contributed by atoms with Crippen LogP contribution in [0.2, 0.25) is 0 Å². The van der Waals surface area contributed by atoms with Gasteiger partial charge in [0, 0.05) is 5.75 Å². The van der Waals surface area contributed by atoms with Crippen molar-refractivity contribution in [3.8, 4) is 0 Å². The molecule has 1 aromatic carbocycles. The van der Waals surface area contributed by atoms with E-state index in [1.807, 2.05) is 0 Å². The lowest BCUT2D eigenvalue weighted by Crippen LogP contribution is -2.30. The first-order valence-electron chi connectivity index (χ1n) is 8.79. The molecular formula is C19H31NS. The minimum Gasteiger partial charge on any atom is -0.291 e. The zero-order valence-electron chi connectivity index (χ0n) is 13.6. The summed E-state index contributed by atoms with van der Waals surface area (Å²) in [6, 6.07) is 10.9. The fourth-order valence-corrected chi connectivity index (χ4v) is 4.42. The van der Waals surface area contributed by atoms with Crippen LogP contribution in [-0.4, -0.2) is 23.4 Å². The highest BCUT2D eigenvalue weighted by molar-refractivity contribution is 7.99. The summed E-state index contributed by atoms with van der Waals surface area (Å²) in [4.78, 5) is 2.73. The van der Waals surface area contributed by atoms with Crippen LogP contribution in [0.25, 0.3) is 0 Å². The lowest BCUT2D eigenvalue weighted by atomic mass is 10.1. The summed E-state index contributed by atoms with van der Waals surface area (Å²) < 4.78 is 0. The van der Waals surface area contributed by atoms with Crippen LogP contribution in [0, 0.1) is 0 Å². The van der Waals surface area contributed by atoms with Gasteiger partial charge in [-0.15, -0.1) is 11.8 Å². The van der Waals surface area contributed by atoms with Gasteiger partial charge in [-0.1, -0.05) is 69.4 Å². The number of nitrogens with zero attached hydrogens (tertiary/aromatic N) is 1. The number of hydrogen-bond donors (Lipinski definition) is 0. The van der Waals surface area contributed by atoms with Crippen molar-refractivity contribution < 1.29 is 0 Å². The number of rotatable bonds is 10. The Morgan fingerprint density at radius 1 is 1.00 bits per heavy atom. The van der Waals surface area contributed by atoms with Crippen LogP contribution < -0.4 is 0 Å². The fourth-order valence-electron chi connectivity index (χ4n) is 3.09. The van der Waals surface area contributed by atoms with Crippen molar-refractivity contribution in [2.45, 2.75) is 69.4 Å². The Morgan fingerprint density at radius 3 is 2.43 bits per heavy atom. The maximum absolute atomic E-state index is 2.73. The molecular weight excluding hydrogens is 274 g/mol. The molecule has 1 fully saturated rings. The second-order valence-electron chi connectivity index (χ2n) is 6.20. The number of hydrogen-bond acceptors (Lipinski definition) is 2. The maximum atomic E-state index is 2.73. The second-order valence-corrected chi connectivity index (χ2v) is 7.36. The first kappa shape index (κ1) is 16.9. The molecule has 0 saturated carbocycles. The minimum absolute atomic E-state index is 0.745. The normalized spacial score (nSPS) is 17.2. The SMILES string of the molecule is CCCCCCCC(SCc1ccccc1)N1CCCC1. The molecule has 2 rings (SSSR count). The van der Waals surface area contributed by atoms with E-state index >= 15 is 0 Å². The molecule has 1 saturated heterocycles. The Labute approximate surface area is 135 Å². The van der Waals surface area contributed by atoms with Gasteiger partial charge in [-0.25, -0.2) is 0 Å². The Bertz CT molecular complexity index is 359. The van der Waals surface area contributed by atoms with Crippen LogP contribution in [-0.2, 0) is 5.75 Å². The smallest absolute Gasteiger partial charge is 0.0560 e. The van der Waals surface area contributed by atoms with Crippen LogP contribution in [0.4, 0.5) is 0 Å². The van der Waals surface area contributed by atoms with E-state index in [0.29, 0.717) is 0 Å².